The SMILES string of the molecule is CC(C)(C)c1nnc(NC(=O)CO)s1. The van der Waals surface area contributed by atoms with Gasteiger partial charge in [-0.1, -0.05) is 32.1 Å². The number of aromatic nitrogens is 2. The van der Waals surface area contributed by atoms with Gasteiger partial charge in [-0.15, -0.1) is 10.2 Å². The van der Waals surface area contributed by atoms with E-state index in [0.717, 1.165) is 5.01 Å². The van der Waals surface area contributed by atoms with E-state index < -0.39 is 12.5 Å². The van der Waals surface area contributed by atoms with Gasteiger partial charge in [0.1, 0.15) is 11.6 Å². The Kier molecular flexibility index (Phi) is 3.17. The summed E-state index contributed by atoms with van der Waals surface area (Å²) in [5, 5.41) is 20.0. The fourth-order valence-corrected chi connectivity index (χ4v) is 1.55. The van der Waals surface area contributed by atoms with Crippen molar-refractivity contribution in [2.75, 3.05) is 11.9 Å². The van der Waals surface area contributed by atoms with Gasteiger partial charge in [-0.05, 0) is 0 Å². The Labute approximate surface area is 86.2 Å². The highest BCUT2D eigenvalue weighted by atomic mass is 32.1. The van der Waals surface area contributed by atoms with Gasteiger partial charge in [0.2, 0.25) is 5.13 Å². The fourth-order valence-electron chi connectivity index (χ4n) is 0.736. The third-order valence-electron chi connectivity index (χ3n) is 1.46. The molecule has 0 saturated heterocycles. The number of carbonyl (C=O) groups is 1. The van der Waals surface area contributed by atoms with Crippen LogP contribution in [0.15, 0.2) is 0 Å². The van der Waals surface area contributed by atoms with E-state index in [-0.39, 0.29) is 5.41 Å². The van der Waals surface area contributed by atoms with Crippen LogP contribution in [0.5, 0.6) is 0 Å². The molecule has 0 saturated carbocycles. The molecule has 0 radical (unpaired) electrons. The van der Waals surface area contributed by atoms with Crippen LogP contribution in [0.4, 0.5) is 5.13 Å². The zero-order valence-corrected chi connectivity index (χ0v) is 9.18. The summed E-state index contributed by atoms with van der Waals surface area (Å²) >= 11 is 1.32. The topological polar surface area (TPSA) is 75.1 Å². The van der Waals surface area contributed by atoms with Gasteiger partial charge >= 0.3 is 0 Å². The fraction of sp³-hybridized carbons (Fsp3) is 0.625. The predicted molar refractivity (Wildman–Crippen MR) is 54.3 cm³/mol. The molecule has 0 atom stereocenters. The molecule has 2 N–H and O–H groups in total. The van der Waals surface area contributed by atoms with Crippen LogP contribution >= 0.6 is 11.3 Å². The van der Waals surface area contributed by atoms with Gasteiger partial charge in [0, 0.05) is 5.41 Å². The summed E-state index contributed by atoms with van der Waals surface area (Å²) in [6, 6.07) is 0. The summed E-state index contributed by atoms with van der Waals surface area (Å²) in [7, 11) is 0. The lowest BCUT2D eigenvalue weighted by Crippen LogP contribution is -2.15. The molecule has 0 aliphatic carbocycles. The van der Waals surface area contributed by atoms with E-state index in [0.29, 0.717) is 5.13 Å². The molecule has 1 aromatic rings. The van der Waals surface area contributed by atoms with Crippen LogP contribution in [0, 0.1) is 0 Å². The molecule has 78 valence electrons. The predicted octanol–water partition coefficient (Wildman–Crippen LogP) is 0.766. The number of carbonyl (C=O) groups excluding carboxylic acids is 1. The molecule has 1 heterocycles. The third kappa shape index (κ3) is 2.74. The Bertz CT molecular complexity index is 330. The highest BCUT2D eigenvalue weighted by Gasteiger charge is 2.19. The maximum Gasteiger partial charge on any atom is 0.251 e. The van der Waals surface area contributed by atoms with Crippen molar-refractivity contribution in [2.45, 2.75) is 26.2 Å². The Morgan fingerprint density at radius 3 is 2.57 bits per heavy atom. The summed E-state index contributed by atoms with van der Waals surface area (Å²) < 4.78 is 0. The largest absolute Gasteiger partial charge is 0.387 e. The average molecular weight is 215 g/mol. The van der Waals surface area contributed by atoms with Crippen molar-refractivity contribution in [3.63, 3.8) is 0 Å². The summed E-state index contributed by atoms with van der Waals surface area (Å²) in [5.74, 6) is -0.471. The van der Waals surface area contributed by atoms with Crippen LogP contribution < -0.4 is 5.32 Å². The summed E-state index contributed by atoms with van der Waals surface area (Å²) in [6.45, 7) is 5.52. The van der Waals surface area contributed by atoms with Crippen molar-refractivity contribution in [2.24, 2.45) is 0 Å². The molecule has 0 aliphatic heterocycles. The molecule has 1 aromatic heterocycles. The number of nitrogens with one attached hydrogen (secondary N) is 1. The molecule has 0 fully saturated rings. The number of nitrogens with zero attached hydrogens (tertiary/aromatic N) is 2. The molecule has 0 spiro atoms. The first-order chi connectivity index (χ1) is 6.43. The van der Waals surface area contributed by atoms with E-state index >= 15 is 0 Å². The van der Waals surface area contributed by atoms with Gasteiger partial charge in [-0.25, -0.2) is 0 Å². The lowest BCUT2D eigenvalue weighted by Gasteiger charge is -2.12. The van der Waals surface area contributed by atoms with E-state index in [1.807, 2.05) is 20.8 Å². The number of amides is 1. The van der Waals surface area contributed by atoms with Gasteiger partial charge in [-0.3, -0.25) is 10.1 Å². The van der Waals surface area contributed by atoms with Crippen molar-refractivity contribution >= 4 is 22.4 Å². The molecule has 0 unspecified atom stereocenters. The highest BCUT2D eigenvalue weighted by molar-refractivity contribution is 7.15. The lowest BCUT2D eigenvalue weighted by atomic mass is 9.98. The van der Waals surface area contributed by atoms with Gasteiger partial charge in [0.05, 0.1) is 0 Å². The molecule has 14 heavy (non-hydrogen) atoms. The normalized spacial score (nSPS) is 11.4. The molecule has 5 nitrogen and oxygen atoms in total. The second-order valence-electron chi connectivity index (χ2n) is 3.87. The van der Waals surface area contributed by atoms with Crippen LogP contribution in [-0.2, 0) is 10.2 Å². The zero-order chi connectivity index (χ0) is 10.8. The summed E-state index contributed by atoms with van der Waals surface area (Å²) in [6.07, 6.45) is 0. The van der Waals surface area contributed by atoms with E-state index in [9.17, 15) is 4.79 Å². The van der Waals surface area contributed by atoms with Crippen molar-refractivity contribution in [3.05, 3.63) is 5.01 Å². The van der Waals surface area contributed by atoms with Crippen LogP contribution in [0.25, 0.3) is 0 Å². The Balaban J connectivity index is 2.74. The maximum atomic E-state index is 10.8. The number of anilines is 1. The first-order valence-electron chi connectivity index (χ1n) is 4.18. The molecule has 0 bridgehead atoms. The van der Waals surface area contributed by atoms with Crippen molar-refractivity contribution in [1.29, 1.82) is 0 Å². The second-order valence-corrected chi connectivity index (χ2v) is 4.85. The molecule has 6 heteroatoms. The Morgan fingerprint density at radius 2 is 2.14 bits per heavy atom. The van der Waals surface area contributed by atoms with Crippen LogP contribution in [-0.4, -0.2) is 27.8 Å². The van der Waals surface area contributed by atoms with Gasteiger partial charge in [-0.2, -0.15) is 0 Å². The monoisotopic (exact) mass is 215 g/mol. The van der Waals surface area contributed by atoms with E-state index in [4.69, 9.17) is 5.11 Å². The minimum Gasteiger partial charge on any atom is -0.387 e. The number of hydrogen-bond acceptors (Lipinski definition) is 5. The van der Waals surface area contributed by atoms with Gasteiger partial charge < -0.3 is 5.11 Å². The zero-order valence-electron chi connectivity index (χ0n) is 8.37. The second kappa shape index (κ2) is 4.02. The van der Waals surface area contributed by atoms with E-state index in [2.05, 4.69) is 15.5 Å². The van der Waals surface area contributed by atoms with E-state index in [1.54, 1.807) is 0 Å². The number of rotatable bonds is 2. The molecule has 0 aromatic carbocycles. The quantitative estimate of drug-likeness (QED) is 0.764. The standard InChI is InChI=1S/C8H13N3O2S/c1-8(2,3)6-10-11-7(14-6)9-5(13)4-12/h12H,4H2,1-3H3,(H,9,11,13). The van der Waals surface area contributed by atoms with Crippen molar-refractivity contribution in [1.82, 2.24) is 10.2 Å². The van der Waals surface area contributed by atoms with Crippen molar-refractivity contribution < 1.29 is 9.90 Å². The summed E-state index contributed by atoms with van der Waals surface area (Å²) in [4.78, 5) is 10.8. The number of aliphatic hydroxyl groups is 1. The molecule has 0 aliphatic rings. The lowest BCUT2D eigenvalue weighted by molar-refractivity contribution is -0.118. The van der Waals surface area contributed by atoms with Crippen molar-refractivity contribution in [3.8, 4) is 0 Å². The molecule has 1 amide bonds. The first kappa shape index (κ1) is 11.1. The van der Waals surface area contributed by atoms with Crippen LogP contribution in [0.1, 0.15) is 25.8 Å². The minimum absolute atomic E-state index is 0.0696. The Hall–Kier alpha value is -1.01. The molecular weight excluding hydrogens is 202 g/mol. The first-order valence-corrected chi connectivity index (χ1v) is 5.00. The smallest absolute Gasteiger partial charge is 0.251 e. The van der Waals surface area contributed by atoms with Gasteiger partial charge in [0.25, 0.3) is 5.91 Å². The Morgan fingerprint density at radius 1 is 1.50 bits per heavy atom. The number of aliphatic hydroxyl groups excluding tert-OH is 1. The molecule has 1 rings (SSSR count). The minimum atomic E-state index is -0.537. The molecular formula is C8H13N3O2S. The van der Waals surface area contributed by atoms with E-state index in [1.165, 1.54) is 11.3 Å². The average Bonchev–Trinajstić information content (AvgIpc) is 2.51. The highest BCUT2D eigenvalue weighted by Crippen LogP contribution is 2.27. The third-order valence-corrected chi connectivity index (χ3v) is 2.72. The van der Waals surface area contributed by atoms with Gasteiger partial charge in [0.15, 0.2) is 0 Å². The maximum absolute atomic E-state index is 10.8. The van der Waals surface area contributed by atoms with Crippen LogP contribution in [0.2, 0.25) is 0 Å². The number of hydrogen-bond donors (Lipinski definition) is 2. The summed E-state index contributed by atoms with van der Waals surface area (Å²) in [5.41, 5.74) is -0.0696. The van der Waals surface area contributed by atoms with Crippen LogP contribution in [0.3, 0.4) is 0 Å².